The van der Waals surface area contributed by atoms with Crippen LogP contribution in [0.1, 0.15) is 0 Å². The molecule has 1 aromatic heterocycles. The van der Waals surface area contributed by atoms with E-state index in [1.54, 1.807) is 0 Å². The summed E-state index contributed by atoms with van der Waals surface area (Å²) in [6, 6.07) is 0. The second kappa shape index (κ2) is 3.29. The van der Waals surface area contributed by atoms with Crippen molar-refractivity contribution in [1.82, 2.24) is 4.98 Å². The Labute approximate surface area is 103 Å². The standard InChI is InChI=1S/C7HNO2S5/c9-3-1-2(4(10)8-3)13-6-5(12-1)14-7(11)15-6/h(H,8,9,10). The van der Waals surface area contributed by atoms with Crippen molar-refractivity contribution in [2.24, 2.45) is 0 Å². The van der Waals surface area contributed by atoms with Crippen molar-refractivity contribution >= 4 is 65.6 Å². The van der Waals surface area contributed by atoms with Gasteiger partial charge in [-0.05, 0) is 0 Å². The van der Waals surface area contributed by atoms with Crippen molar-refractivity contribution < 1.29 is 0 Å². The molecule has 0 spiro atoms. The van der Waals surface area contributed by atoms with Gasteiger partial charge in [-0.25, -0.2) is 0 Å². The predicted molar refractivity (Wildman–Crippen MR) is 68.5 cm³/mol. The Balaban J connectivity index is 2.77. The molecule has 0 radical (unpaired) electrons. The normalized spacial score (nSPS) is 11.5. The largest absolute Gasteiger partial charge is 0.287 e. The number of hydrogen-bond acceptors (Lipinski definition) is 7. The van der Waals surface area contributed by atoms with Crippen LogP contribution in [-0.2, 0) is 0 Å². The van der Waals surface area contributed by atoms with Crippen molar-refractivity contribution in [3.63, 3.8) is 0 Å². The lowest BCUT2D eigenvalue weighted by atomic mass is 10.7. The molecule has 0 amide bonds. The molecule has 0 fully saturated rings. The van der Waals surface area contributed by atoms with Gasteiger partial charge in [0.1, 0.15) is 20.2 Å². The van der Waals surface area contributed by atoms with Crippen molar-refractivity contribution in [2.75, 3.05) is 0 Å². The lowest BCUT2D eigenvalue weighted by molar-refractivity contribution is 1.24. The van der Waals surface area contributed by atoms with Gasteiger partial charge in [-0.15, -0.1) is 45.3 Å². The third kappa shape index (κ3) is 1.44. The fourth-order valence-electron chi connectivity index (χ4n) is 1.17. The molecule has 1 aromatic rings. The van der Waals surface area contributed by atoms with Crippen LogP contribution in [0.2, 0.25) is 0 Å². The number of aromatic nitrogens is 1. The first-order chi connectivity index (χ1) is 7.15. The summed E-state index contributed by atoms with van der Waals surface area (Å²) in [5.74, 6) is 0. The van der Waals surface area contributed by atoms with E-state index in [0.717, 1.165) is 11.2 Å². The quantitative estimate of drug-likeness (QED) is 0.648. The van der Waals surface area contributed by atoms with Crippen LogP contribution < -0.4 is 11.1 Å². The predicted octanol–water partition coefficient (Wildman–Crippen LogP) is 2.59. The summed E-state index contributed by atoms with van der Waals surface area (Å²) in [5, 5.41) is 0. The highest BCUT2D eigenvalue weighted by atomic mass is 32.2. The van der Waals surface area contributed by atoms with Gasteiger partial charge in [0.25, 0.3) is 11.1 Å². The molecule has 0 saturated heterocycles. The summed E-state index contributed by atoms with van der Waals surface area (Å²) in [6.07, 6.45) is 0. The Bertz CT molecular complexity index is 807. The van der Waals surface area contributed by atoms with Crippen LogP contribution in [0.3, 0.4) is 0 Å². The van der Waals surface area contributed by atoms with E-state index in [1.807, 2.05) is 0 Å². The molecule has 8 heteroatoms. The van der Waals surface area contributed by atoms with E-state index in [2.05, 4.69) is 4.98 Å². The number of aromatic amines is 1. The van der Waals surface area contributed by atoms with E-state index in [9.17, 15) is 9.59 Å². The molecule has 2 aliphatic rings. The van der Waals surface area contributed by atoms with Gasteiger partial charge in [0.05, 0.1) is 0 Å². The topological polar surface area (TPSA) is 49.9 Å². The van der Waals surface area contributed by atoms with Crippen molar-refractivity contribution in [2.45, 2.75) is 0 Å². The second-order valence-electron chi connectivity index (χ2n) is 2.67. The monoisotopic (exact) mass is 291 g/mol. The minimum absolute atomic E-state index is 0.289. The number of nitrogens with one attached hydrogen (secondary N) is 1. The van der Waals surface area contributed by atoms with Crippen molar-refractivity contribution in [3.05, 3.63) is 32.9 Å². The van der Waals surface area contributed by atoms with Crippen LogP contribution in [-0.4, -0.2) is 4.98 Å². The molecule has 0 unspecified atom stereocenters. The maximum absolute atomic E-state index is 11.4. The molecular formula is C7HNO2S5. The first kappa shape index (κ1) is 9.79. The van der Waals surface area contributed by atoms with E-state index in [0.29, 0.717) is 9.06 Å². The Hall–Kier alpha value is -0.410. The molecular weight excluding hydrogens is 290 g/mol. The summed E-state index contributed by atoms with van der Waals surface area (Å²) >= 11 is 10.8. The highest BCUT2D eigenvalue weighted by molar-refractivity contribution is 7.78. The minimum atomic E-state index is -0.289. The zero-order valence-electron chi connectivity index (χ0n) is 6.86. The number of hydrogen-bond donors (Lipinski definition) is 1. The van der Waals surface area contributed by atoms with Crippen LogP contribution in [0.5, 0.6) is 0 Å². The smallest absolute Gasteiger partial charge is 0.269 e. The third-order valence-corrected chi connectivity index (χ3v) is 7.48. The summed E-state index contributed by atoms with van der Waals surface area (Å²) in [6.45, 7) is 0. The van der Waals surface area contributed by atoms with Crippen LogP contribution in [0.4, 0.5) is 0 Å². The lowest BCUT2D eigenvalue weighted by Gasteiger charge is -1.82. The van der Waals surface area contributed by atoms with Gasteiger partial charge in [-0.1, -0.05) is 12.2 Å². The minimum Gasteiger partial charge on any atom is -0.287 e. The molecule has 3 nitrogen and oxygen atoms in total. The van der Waals surface area contributed by atoms with E-state index in [-0.39, 0.29) is 11.1 Å². The zero-order valence-corrected chi connectivity index (χ0v) is 10.9. The van der Waals surface area contributed by atoms with Gasteiger partial charge in [0.15, 0.2) is 0 Å². The molecule has 3 heterocycles. The maximum Gasteiger partial charge on any atom is 0.269 e. The van der Waals surface area contributed by atoms with E-state index in [1.165, 1.54) is 45.3 Å². The molecule has 76 valence electrons. The molecule has 0 saturated carbocycles. The number of fused-ring (bicyclic) bond motifs is 1. The van der Waals surface area contributed by atoms with Crippen LogP contribution in [0.15, 0.2) is 9.59 Å². The lowest BCUT2D eigenvalue weighted by Crippen LogP contribution is -2.06. The van der Waals surface area contributed by atoms with Gasteiger partial charge < -0.3 is 0 Å². The highest BCUT2D eigenvalue weighted by Gasteiger charge is 2.07. The Morgan fingerprint density at radius 3 is 1.80 bits per heavy atom. The average molecular weight is 291 g/mol. The summed E-state index contributed by atoms with van der Waals surface area (Å²) in [4.78, 5) is 25.1. The Morgan fingerprint density at radius 2 is 1.33 bits per heavy atom. The summed E-state index contributed by atoms with van der Waals surface area (Å²) in [5.41, 5.74) is -0.579. The van der Waals surface area contributed by atoms with Crippen LogP contribution in [0, 0.1) is 12.2 Å². The summed E-state index contributed by atoms with van der Waals surface area (Å²) < 4.78 is 3.91. The average Bonchev–Trinajstić information content (AvgIpc) is 2.65. The molecule has 15 heavy (non-hydrogen) atoms. The molecule has 0 aromatic carbocycles. The summed E-state index contributed by atoms with van der Waals surface area (Å²) in [7, 11) is 0. The molecule has 0 aliphatic carbocycles. The Morgan fingerprint density at radius 1 is 0.867 bits per heavy atom. The fourth-order valence-corrected chi connectivity index (χ4v) is 7.22. The molecule has 3 rings (SSSR count). The van der Waals surface area contributed by atoms with Crippen molar-refractivity contribution in [3.8, 4) is 0 Å². The van der Waals surface area contributed by atoms with Gasteiger partial charge in [0, 0.05) is 0 Å². The van der Waals surface area contributed by atoms with Crippen LogP contribution >= 0.6 is 57.6 Å². The third-order valence-electron chi connectivity index (χ3n) is 1.75. The first-order valence-electron chi connectivity index (χ1n) is 3.75. The first-order valence-corrected chi connectivity index (χ1v) is 7.42. The molecule has 1 N–H and O–H groups in total. The molecule has 0 bridgehead atoms. The van der Waals surface area contributed by atoms with Gasteiger partial charge in [-0.3, -0.25) is 14.6 Å². The second-order valence-corrected chi connectivity index (χ2v) is 8.46. The van der Waals surface area contributed by atoms with E-state index < -0.39 is 0 Å². The molecule has 2 aliphatic heterocycles. The molecule has 0 atom stereocenters. The maximum atomic E-state index is 11.4. The van der Waals surface area contributed by atoms with Crippen molar-refractivity contribution in [1.29, 1.82) is 0 Å². The fraction of sp³-hybridized carbons (Fsp3) is 0. The van der Waals surface area contributed by atoms with Crippen LogP contribution in [0.25, 0.3) is 8.03 Å². The van der Waals surface area contributed by atoms with Gasteiger partial charge >= 0.3 is 0 Å². The highest BCUT2D eigenvalue weighted by Crippen LogP contribution is 2.34. The number of H-pyrrole nitrogens is 1. The SMILES string of the molecule is O=c1[nH]c(=O)c2sc3sc(=S)sc3sc1=2. The Kier molecular flexibility index (Phi) is 2.15. The number of rotatable bonds is 0. The van der Waals surface area contributed by atoms with E-state index in [4.69, 9.17) is 12.2 Å². The zero-order chi connectivity index (χ0) is 10.6. The van der Waals surface area contributed by atoms with Gasteiger partial charge in [-0.2, -0.15) is 0 Å². The van der Waals surface area contributed by atoms with E-state index >= 15 is 0 Å². The van der Waals surface area contributed by atoms with Gasteiger partial charge in [0.2, 0.25) is 0 Å².